The van der Waals surface area contributed by atoms with Crippen LogP contribution >= 0.6 is 0 Å². The fourth-order valence-electron chi connectivity index (χ4n) is 1.14. The monoisotopic (exact) mass is 177 g/mol. The Kier molecular flexibility index (Phi) is 7.01. The third kappa shape index (κ3) is 5.25. The second kappa shape index (κ2) is 7.61. The number of nitrogens with zero attached hydrogens (tertiary/aromatic N) is 1. The molecular weight excluding hydrogens is 158 g/mol. The molecule has 0 aliphatic carbocycles. The van der Waals surface area contributed by atoms with Crippen molar-refractivity contribution in [3.8, 4) is 12.3 Å². The van der Waals surface area contributed by atoms with E-state index in [4.69, 9.17) is 6.42 Å². The van der Waals surface area contributed by atoms with Crippen molar-refractivity contribution in [2.75, 3.05) is 6.54 Å². The highest BCUT2D eigenvalue weighted by atomic mass is 14.7. The lowest BCUT2D eigenvalue weighted by Gasteiger charge is -2.14. The molecule has 0 N–H and O–H groups in total. The first kappa shape index (κ1) is 12.0. The SMILES string of the molecule is C#CC(C)C(CC)C/N=C\CC=C. The Morgan fingerprint density at radius 2 is 2.31 bits per heavy atom. The van der Waals surface area contributed by atoms with E-state index in [9.17, 15) is 0 Å². The average molecular weight is 177 g/mol. The highest BCUT2D eigenvalue weighted by Gasteiger charge is 2.11. The van der Waals surface area contributed by atoms with E-state index in [-0.39, 0.29) is 0 Å². The molecular formula is C12H19N. The van der Waals surface area contributed by atoms with E-state index < -0.39 is 0 Å². The highest BCUT2D eigenvalue weighted by molar-refractivity contribution is 5.59. The molecule has 1 heteroatoms. The van der Waals surface area contributed by atoms with E-state index in [1.165, 1.54) is 0 Å². The number of hydrogen-bond donors (Lipinski definition) is 0. The fraction of sp³-hybridized carbons (Fsp3) is 0.583. The quantitative estimate of drug-likeness (QED) is 0.336. The van der Waals surface area contributed by atoms with E-state index in [1.54, 1.807) is 0 Å². The Bertz CT molecular complexity index is 198. The van der Waals surface area contributed by atoms with Gasteiger partial charge >= 0.3 is 0 Å². The van der Waals surface area contributed by atoms with Gasteiger partial charge < -0.3 is 0 Å². The van der Waals surface area contributed by atoms with Gasteiger partial charge in [-0.1, -0.05) is 26.3 Å². The van der Waals surface area contributed by atoms with Gasteiger partial charge in [-0.15, -0.1) is 18.9 Å². The molecule has 0 aromatic rings. The molecule has 0 rings (SSSR count). The standard InChI is InChI=1S/C12H19N/c1-5-8-9-13-10-12(7-3)11(4)6-2/h2,5,9,11-12H,1,7-8,10H2,3-4H3/b13-9-. The van der Waals surface area contributed by atoms with Gasteiger partial charge in [0.05, 0.1) is 0 Å². The maximum absolute atomic E-state index is 5.36. The van der Waals surface area contributed by atoms with Gasteiger partial charge in [-0.05, 0) is 12.3 Å². The predicted octanol–water partition coefficient (Wildman–Crippen LogP) is 2.93. The first-order valence-electron chi connectivity index (χ1n) is 4.81. The van der Waals surface area contributed by atoms with Crippen molar-refractivity contribution in [1.82, 2.24) is 0 Å². The first-order valence-corrected chi connectivity index (χ1v) is 4.81. The van der Waals surface area contributed by atoms with Crippen molar-refractivity contribution >= 4 is 6.21 Å². The summed E-state index contributed by atoms with van der Waals surface area (Å²) in [6.45, 7) is 8.70. The summed E-state index contributed by atoms with van der Waals surface area (Å²) >= 11 is 0. The number of terminal acetylenes is 1. The Morgan fingerprint density at radius 1 is 1.62 bits per heavy atom. The lowest BCUT2D eigenvalue weighted by atomic mass is 9.92. The van der Waals surface area contributed by atoms with Gasteiger partial charge in [0.2, 0.25) is 0 Å². The summed E-state index contributed by atoms with van der Waals surface area (Å²) in [7, 11) is 0. The first-order chi connectivity index (χ1) is 6.26. The van der Waals surface area contributed by atoms with Crippen LogP contribution in [0, 0.1) is 24.2 Å². The second-order valence-corrected chi connectivity index (χ2v) is 3.20. The summed E-state index contributed by atoms with van der Waals surface area (Å²) in [6, 6.07) is 0. The molecule has 0 bridgehead atoms. The Morgan fingerprint density at radius 3 is 2.77 bits per heavy atom. The summed E-state index contributed by atoms with van der Waals surface area (Å²) in [6.07, 6.45) is 11.0. The zero-order valence-electron chi connectivity index (χ0n) is 8.66. The lowest BCUT2D eigenvalue weighted by Crippen LogP contribution is -2.12. The van der Waals surface area contributed by atoms with E-state index in [0.29, 0.717) is 11.8 Å². The third-order valence-corrected chi connectivity index (χ3v) is 2.24. The smallest absolute Gasteiger partial charge is 0.0425 e. The van der Waals surface area contributed by atoms with Crippen molar-refractivity contribution in [3.05, 3.63) is 12.7 Å². The van der Waals surface area contributed by atoms with Gasteiger partial charge in [0.25, 0.3) is 0 Å². The molecule has 2 unspecified atom stereocenters. The Balaban J connectivity index is 3.85. The molecule has 0 amide bonds. The fourth-order valence-corrected chi connectivity index (χ4v) is 1.14. The molecule has 0 aromatic carbocycles. The van der Waals surface area contributed by atoms with Gasteiger partial charge in [0.15, 0.2) is 0 Å². The van der Waals surface area contributed by atoms with Crippen LogP contribution in [0.15, 0.2) is 17.6 Å². The molecule has 0 saturated heterocycles. The van der Waals surface area contributed by atoms with Crippen LogP contribution in [-0.2, 0) is 0 Å². The van der Waals surface area contributed by atoms with E-state index in [1.807, 2.05) is 12.3 Å². The van der Waals surface area contributed by atoms with Crippen LogP contribution in [0.3, 0.4) is 0 Å². The third-order valence-electron chi connectivity index (χ3n) is 2.24. The van der Waals surface area contributed by atoms with Crippen LogP contribution in [0.25, 0.3) is 0 Å². The van der Waals surface area contributed by atoms with Gasteiger partial charge in [0, 0.05) is 18.7 Å². The van der Waals surface area contributed by atoms with Gasteiger partial charge in [-0.25, -0.2) is 0 Å². The van der Waals surface area contributed by atoms with Crippen LogP contribution in [-0.4, -0.2) is 12.8 Å². The van der Waals surface area contributed by atoms with Crippen LogP contribution in [0.5, 0.6) is 0 Å². The van der Waals surface area contributed by atoms with Crippen LogP contribution in [0.2, 0.25) is 0 Å². The molecule has 1 nitrogen and oxygen atoms in total. The topological polar surface area (TPSA) is 12.4 Å². The summed E-state index contributed by atoms with van der Waals surface area (Å²) in [5, 5.41) is 0. The minimum Gasteiger partial charge on any atom is -0.297 e. The molecule has 0 radical (unpaired) electrons. The lowest BCUT2D eigenvalue weighted by molar-refractivity contribution is 0.430. The van der Waals surface area contributed by atoms with Crippen LogP contribution in [0.1, 0.15) is 26.7 Å². The molecule has 0 aliphatic rings. The Hall–Kier alpha value is -1.03. The second-order valence-electron chi connectivity index (χ2n) is 3.20. The number of hydrogen-bond acceptors (Lipinski definition) is 1. The molecule has 0 heterocycles. The maximum Gasteiger partial charge on any atom is 0.0425 e. The van der Waals surface area contributed by atoms with E-state index in [2.05, 4.69) is 31.3 Å². The van der Waals surface area contributed by atoms with Crippen molar-refractivity contribution in [1.29, 1.82) is 0 Å². The molecule has 0 saturated carbocycles. The molecule has 0 aromatic heterocycles. The minimum atomic E-state index is 0.325. The highest BCUT2D eigenvalue weighted by Crippen LogP contribution is 2.14. The molecule has 0 fully saturated rings. The van der Waals surface area contributed by atoms with Gasteiger partial charge in [0.1, 0.15) is 0 Å². The minimum absolute atomic E-state index is 0.325. The summed E-state index contributed by atoms with van der Waals surface area (Å²) in [4.78, 5) is 4.31. The van der Waals surface area contributed by atoms with E-state index in [0.717, 1.165) is 19.4 Å². The zero-order chi connectivity index (χ0) is 10.1. The average Bonchev–Trinajstić information content (AvgIpc) is 2.17. The summed E-state index contributed by atoms with van der Waals surface area (Å²) in [5.41, 5.74) is 0. The Labute approximate surface area is 82.0 Å². The van der Waals surface area contributed by atoms with Crippen molar-refractivity contribution in [2.45, 2.75) is 26.7 Å². The molecule has 72 valence electrons. The van der Waals surface area contributed by atoms with Gasteiger partial charge in [-0.2, -0.15) is 0 Å². The van der Waals surface area contributed by atoms with Crippen molar-refractivity contribution < 1.29 is 0 Å². The van der Waals surface area contributed by atoms with E-state index >= 15 is 0 Å². The number of aliphatic imine (C=N–C) groups is 1. The number of rotatable bonds is 6. The molecule has 2 atom stereocenters. The largest absolute Gasteiger partial charge is 0.297 e. The predicted molar refractivity (Wildman–Crippen MR) is 60.0 cm³/mol. The normalized spacial score (nSPS) is 15.2. The van der Waals surface area contributed by atoms with Crippen LogP contribution < -0.4 is 0 Å². The van der Waals surface area contributed by atoms with Crippen molar-refractivity contribution in [3.63, 3.8) is 0 Å². The molecule has 13 heavy (non-hydrogen) atoms. The van der Waals surface area contributed by atoms with Gasteiger partial charge in [-0.3, -0.25) is 4.99 Å². The number of allylic oxidation sites excluding steroid dienone is 1. The maximum atomic E-state index is 5.36. The molecule has 0 spiro atoms. The van der Waals surface area contributed by atoms with Crippen LogP contribution in [0.4, 0.5) is 0 Å². The summed E-state index contributed by atoms with van der Waals surface area (Å²) in [5.74, 6) is 3.61. The van der Waals surface area contributed by atoms with Crippen molar-refractivity contribution in [2.24, 2.45) is 16.8 Å². The molecule has 0 aliphatic heterocycles. The zero-order valence-corrected chi connectivity index (χ0v) is 8.66. The summed E-state index contributed by atoms with van der Waals surface area (Å²) < 4.78 is 0.